The number of nitrogens with zero attached hydrogens (tertiary/aromatic N) is 1. The first-order valence-electron chi connectivity index (χ1n) is 4.19. The van der Waals surface area contributed by atoms with Crippen LogP contribution in [0.4, 0.5) is 13.2 Å². The summed E-state index contributed by atoms with van der Waals surface area (Å²) in [6, 6.07) is 1.16. The Morgan fingerprint density at radius 2 is 2.00 bits per heavy atom. The summed E-state index contributed by atoms with van der Waals surface area (Å²) < 4.78 is 36.0. The highest BCUT2D eigenvalue weighted by atomic mass is 19.4. The van der Waals surface area contributed by atoms with Crippen LogP contribution in [0.15, 0.2) is 0 Å². The lowest BCUT2D eigenvalue weighted by atomic mass is 10.2. The molecule has 0 saturated heterocycles. The third-order valence-corrected chi connectivity index (χ3v) is 1.36. The van der Waals surface area contributed by atoms with Crippen molar-refractivity contribution in [2.24, 2.45) is 11.8 Å². The van der Waals surface area contributed by atoms with Gasteiger partial charge in [-0.15, -0.1) is 0 Å². The summed E-state index contributed by atoms with van der Waals surface area (Å²) in [5, 5.41) is 8.20. The molecule has 0 aromatic heterocycles. The van der Waals surface area contributed by atoms with E-state index in [9.17, 15) is 13.2 Å². The summed E-state index contributed by atoms with van der Waals surface area (Å²) >= 11 is 0. The number of nitriles is 1. The Morgan fingerprint density at radius 1 is 1.43 bits per heavy atom. The molecule has 0 spiro atoms. The van der Waals surface area contributed by atoms with E-state index in [0.717, 1.165) is 6.07 Å². The van der Waals surface area contributed by atoms with Gasteiger partial charge in [0.2, 0.25) is 0 Å². The zero-order chi connectivity index (χ0) is 11.2. The molecule has 0 aromatic rings. The first-order valence-corrected chi connectivity index (χ1v) is 4.19. The van der Waals surface area contributed by atoms with Crippen molar-refractivity contribution in [2.75, 3.05) is 13.2 Å². The SMILES string of the molecule is CC(C)CONCC(C#N)C(F)(F)F. The fraction of sp³-hybridized carbons (Fsp3) is 0.875. The van der Waals surface area contributed by atoms with Crippen molar-refractivity contribution in [1.29, 1.82) is 5.26 Å². The van der Waals surface area contributed by atoms with Gasteiger partial charge in [0.05, 0.1) is 12.7 Å². The van der Waals surface area contributed by atoms with Crippen LogP contribution >= 0.6 is 0 Å². The van der Waals surface area contributed by atoms with Crippen LogP contribution in [0.3, 0.4) is 0 Å². The molecule has 0 saturated carbocycles. The van der Waals surface area contributed by atoms with Crippen LogP contribution in [0.5, 0.6) is 0 Å². The van der Waals surface area contributed by atoms with Crippen molar-refractivity contribution in [1.82, 2.24) is 5.48 Å². The second-order valence-corrected chi connectivity index (χ2v) is 3.28. The Balaban J connectivity index is 3.72. The normalized spacial score (nSPS) is 14.1. The van der Waals surface area contributed by atoms with Gasteiger partial charge in [0.1, 0.15) is 0 Å². The second kappa shape index (κ2) is 5.83. The summed E-state index contributed by atoms with van der Waals surface area (Å²) in [6.45, 7) is 3.52. The number of rotatable bonds is 5. The van der Waals surface area contributed by atoms with Crippen molar-refractivity contribution < 1.29 is 18.0 Å². The molecule has 14 heavy (non-hydrogen) atoms. The van der Waals surface area contributed by atoms with Gasteiger partial charge in [0, 0.05) is 6.54 Å². The van der Waals surface area contributed by atoms with Crippen molar-refractivity contribution in [2.45, 2.75) is 20.0 Å². The van der Waals surface area contributed by atoms with Gasteiger partial charge in [-0.2, -0.15) is 18.4 Å². The molecule has 0 aromatic carbocycles. The number of hydrogen-bond acceptors (Lipinski definition) is 3. The number of halogens is 3. The first-order chi connectivity index (χ1) is 6.38. The zero-order valence-electron chi connectivity index (χ0n) is 8.06. The molecule has 0 aliphatic heterocycles. The predicted molar refractivity (Wildman–Crippen MR) is 44.0 cm³/mol. The topological polar surface area (TPSA) is 45.0 Å². The molecule has 0 amide bonds. The molecule has 0 heterocycles. The highest BCUT2D eigenvalue weighted by molar-refractivity contribution is 4.89. The van der Waals surface area contributed by atoms with Gasteiger partial charge in [-0.1, -0.05) is 13.8 Å². The van der Waals surface area contributed by atoms with Crippen molar-refractivity contribution in [3.63, 3.8) is 0 Å². The number of alkyl halides is 3. The fourth-order valence-electron chi connectivity index (χ4n) is 0.602. The minimum absolute atomic E-state index is 0.230. The van der Waals surface area contributed by atoms with Gasteiger partial charge in [-0.05, 0) is 5.92 Å². The molecule has 6 heteroatoms. The molecule has 0 bridgehead atoms. The lowest BCUT2D eigenvalue weighted by Crippen LogP contribution is -2.33. The molecule has 1 unspecified atom stereocenters. The lowest BCUT2D eigenvalue weighted by Gasteiger charge is -2.14. The van der Waals surface area contributed by atoms with Gasteiger partial charge < -0.3 is 4.84 Å². The molecule has 1 N–H and O–H groups in total. The minimum atomic E-state index is -4.50. The van der Waals surface area contributed by atoms with Crippen molar-refractivity contribution in [3.05, 3.63) is 0 Å². The Labute approximate surface area is 80.8 Å². The van der Waals surface area contributed by atoms with E-state index in [1.165, 1.54) is 0 Å². The largest absolute Gasteiger partial charge is 0.405 e. The van der Waals surface area contributed by atoms with Crippen LogP contribution in [0.2, 0.25) is 0 Å². The number of hydrogen-bond donors (Lipinski definition) is 1. The maximum Gasteiger partial charge on any atom is 0.405 e. The van der Waals surface area contributed by atoms with Crippen LogP contribution in [0, 0.1) is 23.2 Å². The van der Waals surface area contributed by atoms with Crippen LogP contribution in [0.25, 0.3) is 0 Å². The highest BCUT2D eigenvalue weighted by Crippen LogP contribution is 2.24. The smallest absolute Gasteiger partial charge is 0.301 e. The summed E-state index contributed by atoms with van der Waals surface area (Å²) in [7, 11) is 0. The van der Waals surface area contributed by atoms with E-state index in [0.29, 0.717) is 6.61 Å². The first kappa shape index (κ1) is 13.2. The maximum absolute atomic E-state index is 12.0. The average Bonchev–Trinajstić information content (AvgIpc) is 2.01. The van der Waals surface area contributed by atoms with Crippen molar-refractivity contribution in [3.8, 4) is 6.07 Å². The molecular formula is C8H13F3N2O. The highest BCUT2D eigenvalue weighted by Gasteiger charge is 2.39. The van der Waals surface area contributed by atoms with Crippen LogP contribution in [-0.2, 0) is 4.84 Å². The van der Waals surface area contributed by atoms with E-state index < -0.39 is 18.6 Å². The van der Waals surface area contributed by atoms with Crippen molar-refractivity contribution >= 4 is 0 Å². The van der Waals surface area contributed by atoms with Gasteiger partial charge in [-0.25, -0.2) is 5.48 Å². The van der Waals surface area contributed by atoms with E-state index in [2.05, 4.69) is 5.48 Å². The van der Waals surface area contributed by atoms with Crippen LogP contribution in [0.1, 0.15) is 13.8 Å². The van der Waals surface area contributed by atoms with E-state index in [1.807, 2.05) is 13.8 Å². The third kappa shape index (κ3) is 5.78. The fourth-order valence-corrected chi connectivity index (χ4v) is 0.602. The zero-order valence-corrected chi connectivity index (χ0v) is 8.06. The molecule has 82 valence electrons. The van der Waals surface area contributed by atoms with Gasteiger partial charge >= 0.3 is 6.18 Å². The minimum Gasteiger partial charge on any atom is -0.301 e. The molecule has 3 nitrogen and oxygen atoms in total. The average molecular weight is 210 g/mol. The molecule has 0 aliphatic rings. The number of hydroxylamine groups is 1. The molecule has 1 atom stereocenters. The van der Waals surface area contributed by atoms with E-state index in [1.54, 1.807) is 0 Å². The Morgan fingerprint density at radius 3 is 2.36 bits per heavy atom. The van der Waals surface area contributed by atoms with E-state index in [-0.39, 0.29) is 5.92 Å². The van der Waals surface area contributed by atoms with Crippen LogP contribution in [-0.4, -0.2) is 19.3 Å². The Kier molecular flexibility index (Phi) is 5.50. The molecule has 0 fully saturated rings. The third-order valence-electron chi connectivity index (χ3n) is 1.36. The summed E-state index contributed by atoms with van der Waals surface area (Å²) in [6.07, 6.45) is -4.50. The molecule has 0 radical (unpaired) electrons. The predicted octanol–water partition coefficient (Wildman–Crippen LogP) is 1.87. The Hall–Kier alpha value is -0.800. The summed E-state index contributed by atoms with van der Waals surface area (Å²) in [5.74, 6) is -1.79. The Bertz CT molecular complexity index is 198. The maximum atomic E-state index is 12.0. The number of nitrogens with one attached hydrogen (secondary N) is 1. The quantitative estimate of drug-likeness (QED) is 0.556. The molecule has 0 rings (SSSR count). The lowest BCUT2D eigenvalue weighted by molar-refractivity contribution is -0.164. The van der Waals surface area contributed by atoms with Gasteiger partial charge in [0.15, 0.2) is 5.92 Å². The monoisotopic (exact) mass is 210 g/mol. The van der Waals surface area contributed by atoms with E-state index in [4.69, 9.17) is 10.1 Å². The van der Waals surface area contributed by atoms with Gasteiger partial charge in [-0.3, -0.25) is 0 Å². The van der Waals surface area contributed by atoms with Gasteiger partial charge in [0.25, 0.3) is 0 Å². The van der Waals surface area contributed by atoms with Crippen LogP contribution < -0.4 is 5.48 Å². The molecule has 0 aliphatic carbocycles. The molecular weight excluding hydrogens is 197 g/mol. The summed E-state index contributed by atoms with van der Waals surface area (Å²) in [5.41, 5.74) is 2.13. The van der Waals surface area contributed by atoms with E-state index >= 15 is 0 Å². The summed E-state index contributed by atoms with van der Waals surface area (Å²) in [4.78, 5) is 4.72. The second-order valence-electron chi connectivity index (χ2n) is 3.28. The standard InChI is InChI=1S/C8H13F3N2O/c1-6(2)5-14-13-4-7(3-12)8(9,10)11/h6-7,13H,4-5H2,1-2H3.